The monoisotopic (exact) mass is 235 g/mol. The summed E-state index contributed by atoms with van der Waals surface area (Å²) in [7, 11) is 0. The molecule has 2 aliphatic rings. The first-order valence-corrected chi connectivity index (χ1v) is 7.73. The molecule has 0 aliphatic carbocycles. The molecule has 0 spiro atoms. The van der Waals surface area contributed by atoms with E-state index in [2.05, 4.69) is 0 Å². The zero-order chi connectivity index (χ0) is 9.10. The molecule has 2 rings (SSSR count). The van der Waals surface area contributed by atoms with Crippen LogP contribution in [0.15, 0.2) is 0 Å². The molecule has 0 radical (unpaired) electrons. The Hall–Kier alpha value is 0.520. The van der Waals surface area contributed by atoms with Crippen molar-refractivity contribution in [3.8, 4) is 0 Å². The molecule has 0 aromatic rings. The quantitative estimate of drug-likeness (QED) is 0.684. The lowest BCUT2D eigenvalue weighted by molar-refractivity contribution is -0.128. The van der Waals surface area contributed by atoms with Gasteiger partial charge in [-0.15, -0.1) is 23.5 Å². The van der Waals surface area contributed by atoms with E-state index in [1.807, 2.05) is 40.2 Å². The molecule has 2 heterocycles. The Bertz CT molecular complexity index is 188. The second kappa shape index (κ2) is 4.84. The fourth-order valence-electron chi connectivity index (χ4n) is 1.43. The van der Waals surface area contributed by atoms with Gasteiger partial charge in [0.1, 0.15) is 4.58 Å². The molecule has 0 bridgehead atoms. The number of rotatable bonds is 1. The molecule has 2 fully saturated rings. The molecule has 0 aromatic carbocycles. The van der Waals surface area contributed by atoms with E-state index in [-0.39, 0.29) is 4.58 Å². The Morgan fingerprint density at radius 3 is 2.31 bits per heavy atom. The van der Waals surface area contributed by atoms with E-state index in [1.54, 1.807) is 0 Å². The highest BCUT2D eigenvalue weighted by Gasteiger charge is 2.29. The summed E-state index contributed by atoms with van der Waals surface area (Å²) in [5, 5.41) is 0. The molecule has 0 N–H and O–H groups in total. The SMILES string of the molecule is O=C(C1SCCS1)N1CCSCC1. The summed E-state index contributed by atoms with van der Waals surface area (Å²) < 4.78 is 0.211. The molecular formula is C8H13NOS3. The van der Waals surface area contributed by atoms with Gasteiger partial charge >= 0.3 is 0 Å². The van der Waals surface area contributed by atoms with Gasteiger partial charge in [-0.25, -0.2) is 0 Å². The van der Waals surface area contributed by atoms with Crippen molar-refractivity contribution < 1.29 is 4.79 Å². The molecule has 13 heavy (non-hydrogen) atoms. The van der Waals surface area contributed by atoms with Crippen molar-refractivity contribution >= 4 is 41.2 Å². The number of hydrogen-bond acceptors (Lipinski definition) is 4. The summed E-state index contributed by atoms with van der Waals surface area (Å²) in [4.78, 5) is 13.9. The van der Waals surface area contributed by atoms with Crippen LogP contribution in [-0.4, -0.2) is 51.5 Å². The Labute approximate surface area is 91.6 Å². The normalized spacial score (nSPS) is 25.1. The van der Waals surface area contributed by atoms with Gasteiger partial charge in [-0.3, -0.25) is 4.79 Å². The molecular weight excluding hydrogens is 222 g/mol. The van der Waals surface area contributed by atoms with Crippen molar-refractivity contribution in [3.05, 3.63) is 0 Å². The summed E-state index contributed by atoms with van der Waals surface area (Å²) in [5.41, 5.74) is 0. The maximum Gasteiger partial charge on any atom is 0.245 e. The van der Waals surface area contributed by atoms with Crippen LogP contribution in [-0.2, 0) is 4.79 Å². The molecule has 74 valence electrons. The predicted octanol–water partition coefficient (Wildman–Crippen LogP) is 1.37. The standard InChI is InChI=1S/C8H13NOS3/c10-7(8-12-5-6-13-8)9-1-3-11-4-2-9/h8H,1-6H2. The lowest BCUT2D eigenvalue weighted by Gasteiger charge is -2.28. The van der Waals surface area contributed by atoms with Crippen molar-refractivity contribution in [2.24, 2.45) is 0 Å². The minimum Gasteiger partial charge on any atom is -0.339 e. The molecule has 0 aromatic heterocycles. The van der Waals surface area contributed by atoms with Crippen LogP contribution in [0, 0.1) is 0 Å². The van der Waals surface area contributed by atoms with Gasteiger partial charge in [-0.05, 0) is 0 Å². The second-order valence-electron chi connectivity index (χ2n) is 3.01. The highest BCUT2D eigenvalue weighted by atomic mass is 32.2. The lowest BCUT2D eigenvalue weighted by Crippen LogP contribution is -2.41. The number of amides is 1. The van der Waals surface area contributed by atoms with Gasteiger partial charge in [0.15, 0.2) is 0 Å². The van der Waals surface area contributed by atoms with Crippen LogP contribution in [0.3, 0.4) is 0 Å². The number of nitrogens with zero attached hydrogens (tertiary/aromatic N) is 1. The predicted molar refractivity (Wildman–Crippen MR) is 62.6 cm³/mol. The minimum absolute atomic E-state index is 0.211. The summed E-state index contributed by atoms with van der Waals surface area (Å²) in [6.45, 7) is 1.92. The van der Waals surface area contributed by atoms with Crippen LogP contribution in [0.1, 0.15) is 0 Å². The van der Waals surface area contributed by atoms with Crippen molar-refractivity contribution in [3.63, 3.8) is 0 Å². The van der Waals surface area contributed by atoms with Crippen molar-refractivity contribution in [2.45, 2.75) is 4.58 Å². The first kappa shape index (κ1) is 10.1. The smallest absolute Gasteiger partial charge is 0.245 e. The van der Waals surface area contributed by atoms with Crippen LogP contribution in [0.4, 0.5) is 0 Å². The van der Waals surface area contributed by atoms with Crippen molar-refractivity contribution in [2.75, 3.05) is 36.1 Å². The molecule has 2 nitrogen and oxygen atoms in total. The zero-order valence-electron chi connectivity index (χ0n) is 7.40. The van der Waals surface area contributed by atoms with Gasteiger partial charge < -0.3 is 4.90 Å². The first-order valence-electron chi connectivity index (χ1n) is 4.47. The molecule has 0 unspecified atom stereocenters. The van der Waals surface area contributed by atoms with E-state index in [4.69, 9.17) is 0 Å². The van der Waals surface area contributed by atoms with Crippen LogP contribution >= 0.6 is 35.3 Å². The average molecular weight is 235 g/mol. The van der Waals surface area contributed by atoms with E-state index in [9.17, 15) is 4.79 Å². The van der Waals surface area contributed by atoms with Crippen LogP contribution in [0.25, 0.3) is 0 Å². The molecule has 2 aliphatic heterocycles. The fraction of sp³-hybridized carbons (Fsp3) is 0.875. The molecule has 5 heteroatoms. The maximum absolute atomic E-state index is 11.9. The Kier molecular flexibility index (Phi) is 3.75. The zero-order valence-corrected chi connectivity index (χ0v) is 9.85. The fourth-order valence-corrected chi connectivity index (χ4v) is 5.08. The maximum atomic E-state index is 11.9. The average Bonchev–Trinajstić information content (AvgIpc) is 2.71. The van der Waals surface area contributed by atoms with Crippen LogP contribution in [0.2, 0.25) is 0 Å². The van der Waals surface area contributed by atoms with Gasteiger partial charge in [0, 0.05) is 36.1 Å². The van der Waals surface area contributed by atoms with Gasteiger partial charge in [-0.1, -0.05) is 0 Å². The van der Waals surface area contributed by atoms with E-state index >= 15 is 0 Å². The molecule has 2 saturated heterocycles. The minimum atomic E-state index is 0.211. The van der Waals surface area contributed by atoms with Gasteiger partial charge in [-0.2, -0.15) is 11.8 Å². The topological polar surface area (TPSA) is 20.3 Å². The third kappa shape index (κ3) is 2.50. The molecule has 0 saturated carbocycles. The molecule has 0 atom stereocenters. The summed E-state index contributed by atoms with van der Waals surface area (Å²) >= 11 is 5.57. The van der Waals surface area contributed by atoms with E-state index in [1.165, 1.54) is 0 Å². The first-order chi connectivity index (χ1) is 6.38. The Morgan fingerprint density at radius 1 is 1.08 bits per heavy atom. The van der Waals surface area contributed by atoms with E-state index in [0.717, 1.165) is 36.1 Å². The third-order valence-electron chi connectivity index (χ3n) is 2.15. The van der Waals surface area contributed by atoms with Gasteiger partial charge in [0.2, 0.25) is 5.91 Å². The highest BCUT2D eigenvalue weighted by molar-refractivity contribution is 8.21. The second-order valence-corrected chi connectivity index (χ2v) is 6.96. The highest BCUT2D eigenvalue weighted by Crippen LogP contribution is 2.33. The molecule has 1 amide bonds. The van der Waals surface area contributed by atoms with Crippen molar-refractivity contribution in [1.29, 1.82) is 0 Å². The number of carbonyl (C=O) groups is 1. The summed E-state index contributed by atoms with van der Waals surface area (Å²) in [6.07, 6.45) is 0. The van der Waals surface area contributed by atoms with Crippen LogP contribution in [0.5, 0.6) is 0 Å². The number of thioether (sulfide) groups is 3. The van der Waals surface area contributed by atoms with E-state index < -0.39 is 0 Å². The van der Waals surface area contributed by atoms with Crippen molar-refractivity contribution in [1.82, 2.24) is 4.90 Å². The number of carbonyl (C=O) groups excluding carboxylic acids is 1. The lowest BCUT2D eigenvalue weighted by atomic mass is 10.5. The van der Waals surface area contributed by atoms with Crippen LogP contribution < -0.4 is 0 Å². The summed E-state index contributed by atoms with van der Waals surface area (Å²) in [6, 6.07) is 0. The number of hydrogen-bond donors (Lipinski definition) is 0. The van der Waals surface area contributed by atoms with E-state index in [0.29, 0.717) is 5.91 Å². The largest absolute Gasteiger partial charge is 0.339 e. The Morgan fingerprint density at radius 2 is 1.69 bits per heavy atom. The third-order valence-corrected chi connectivity index (χ3v) is 6.05. The van der Waals surface area contributed by atoms with Gasteiger partial charge in [0.25, 0.3) is 0 Å². The summed E-state index contributed by atoms with van der Waals surface area (Å²) in [5.74, 6) is 4.89. The Balaban J connectivity index is 1.87. The van der Waals surface area contributed by atoms with Gasteiger partial charge in [0.05, 0.1) is 0 Å².